The Morgan fingerprint density at radius 2 is 1.08 bits per heavy atom. The molecule has 0 fully saturated rings. The van der Waals surface area contributed by atoms with Gasteiger partial charge in [-0.3, -0.25) is 14.6 Å². The van der Waals surface area contributed by atoms with Crippen LogP contribution in [0.1, 0.15) is 88.5 Å². The van der Waals surface area contributed by atoms with E-state index in [1.54, 1.807) is 6.92 Å². The summed E-state index contributed by atoms with van der Waals surface area (Å²) in [6, 6.07) is 28.4. The average Bonchev–Trinajstić information content (AvgIpc) is 3.88. The molecule has 0 spiro atoms. The zero-order valence-electron chi connectivity index (χ0n) is 34.9. The lowest BCUT2D eigenvalue weighted by molar-refractivity contribution is 0.263. The van der Waals surface area contributed by atoms with Gasteiger partial charge in [0.1, 0.15) is 24.1 Å². The third-order valence-electron chi connectivity index (χ3n) is 8.90. The number of aliphatic hydroxyl groups excluding tert-OH is 1. The Morgan fingerprint density at radius 1 is 0.650 bits per heavy atom. The van der Waals surface area contributed by atoms with Crippen LogP contribution in [-0.2, 0) is 17.7 Å². The van der Waals surface area contributed by atoms with Crippen LogP contribution < -0.4 is 11.1 Å². The van der Waals surface area contributed by atoms with Gasteiger partial charge in [-0.1, -0.05) is 64.1 Å². The van der Waals surface area contributed by atoms with Gasteiger partial charge in [-0.25, -0.2) is 19.9 Å². The first-order valence-corrected chi connectivity index (χ1v) is 21.8. The fourth-order valence-electron chi connectivity index (χ4n) is 6.66. The van der Waals surface area contributed by atoms with E-state index >= 15 is 0 Å². The minimum atomic E-state index is -0.156. The number of aryl methyl sites for hydroxylation is 2. The number of hydrogen-bond acceptors (Lipinski definition) is 9. The number of thioether (sulfide) groups is 1. The average molecular weight is 936 g/mol. The van der Waals surface area contributed by atoms with E-state index in [-0.39, 0.29) is 30.1 Å². The van der Waals surface area contributed by atoms with Crippen LogP contribution >= 0.6 is 52.3 Å². The molecule has 5 heterocycles. The van der Waals surface area contributed by atoms with Gasteiger partial charge < -0.3 is 28.8 Å². The van der Waals surface area contributed by atoms with Gasteiger partial charge >= 0.3 is 0 Å². The van der Waals surface area contributed by atoms with Crippen molar-refractivity contribution in [3.63, 3.8) is 0 Å². The number of halogens is 2. The molecule has 8 rings (SSSR count). The molecule has 0 radical (unpaired) electrons. The number of rotatable bonds is 8. The van der Waals surface area contributed by atoms with Crippen molar-refractivity contribution in [3.05, 3.63) is 139 Å². The summed E-state index contributed by atoms with van der Waals surface area (Å²) in [6.45, 7) is 16.4. The molecule has 8 aromatic rings. The predicted octanol–water partition coefficient (Wildman–Crippen LogP) is 10.1. The van der Waals surface area contributed by atoms with E-state index in [1.807, 2.05) is 55.5 Å². The predicted molar refractivity (Wildman–Crippen MR) is 252 cm³/mol. The molecule has 318 valence electrons. The van der Waals surface area contributed by atoms with Crippen molar-refractivity contribution in [2.24, 2.45) is 0 Å². The lowest BCUT2D eigenvalue weighted by atomic mass is 10.3. The highest BCUT2D eigenvalue weighted by molar-refractivity contribution is 9.08. The number of aliphatic hydroxyl groups is 1. The van der Waals surface area contributed by atoms with Crippen LogP contribution in [0.2, 0.25) is 0 Å². The molecule has 4 N–H and O–H groups in total. The zero-order chi connectivity index (χ0) is 42.8. The Balaban J connectivity index is 0.000000184. The number of nitrogens with zero attached hydrogens (tertiary/aromatic N) is 7. The van der Waals surface area contributed by atoms with Crippen LogP contribution in [0.5, 0.6) is 0 Å². The molecule has 0 saturated carbocycles. The zero-order valence-corrected chi connectivity index (χ0v) is 39.0. The molecule has 0 aliphatic carbocycles. The Bertz CT molecular complexity index is 2710. The quantitative estimate of drug-likeness (QED) is 0.0502. The number of aromatic amines is 3. The van der Waals surface area contributed by atoms with Crippen molar-refractivity contribution in [1.29, 1.82) is 0 Å². The summed E-state index contributed by atoms with van der Waals surface area (Å²) >= 11 is 9.65. The Morgan fingerprint density at radius 3 is 1.52 bits per heavy atom. The second kappa shape index (κ2) is 22.1. The van der Waals surface area contributed by atoms with E-state index in [9.17, 15) is 14.7 Å². The molecular weight excluding hydrogens is 884 g/mol. The molecule has 0 saturated heterocycles. The van der Waals surface area contributed by atoms with Gasteiger partial charge in [0.25, 0.3) is 11.1 Å². The fourth-order valence-corrected chi connectivity index (χ4v) is 8.17. The molecule has 60 heavy (non-hydrogen) atoms. The first kappa shape index (κ1) is 47.8. The maximum Gasteiger partial charge on any atom is 0.251 e. The lowest BCUT2D eigenvalue weighted by Gasteiger charge is -2.12. The van der Waals surface area contributed by atoms with E-state index in [1.165, 1.54) is 29.4 Å². The highest BCUT2D eigenvalue weighted by Gasteiger charge is 2.15. The van der Waals surface area contributed by atoms with Crippen molar-refractivity contribution < 1.29 is 5.11 Å². The third kappa shape index (κ3) is 12.1. The number of para-hydroxylation sites is 6. The van der Waals surface area contributed by atoms with Crippen molar-refractivity contribution >= 4 is 85.4 Å². The molecular formula is C43H52BrClN10O3S2. The Labute approximate surface area is 372 Å². The number of imidazole rings is 3. The van der Waals surface area contributed by atoms with Gasteiger partial charge in [0, 0.05) is 41.6 Å². The van der Waals surface area contributed by atoms with Crippen LogP contribution in [0.25, 0.3) is 33.1 Å². The lowest BCUT2D eigenvalue weighted by Crippen LogP contribution is -2.09. The third-order valence-corrected chi connectivity index (χ3v) is 10.5. The van der Waals surface area contributed by atoms with E-state index in [0.717, 1.165) is 61.8 Å². The molecule has 0 unspecified atom stereocenters. The number of fused-ring (bicyclic) bond motifs is 3. The molecule has 3 aromatic carbocycles. The summed E-state index contributed by atoms with van der Waals surface area (Å²) < 4.78 is 6.94. The molecule has 0 aliphatic heterocycles. The highest BCUT2D eigenvalue weighted by atomic mass is 79.9. The SMILES string of the molecule is CC(C)n1c(CBr)nc2ccccc21.CC(C)n1c(CO)nc2ccccc21.Cc1cc(=O)[nH]c(=S)[nH]1.Cc1cc(=O)[nH]c(SCc2nc3ccccc3n2C(C)C)n1.Cl. The van der Waals surface area contributed by atoms with Gasteiger partial charge in [0.2, 0.25) is 0 Å². The maximum atomic E-state index is 11.5. The molecule has 5 aromatic heterocycles. The summed E-state index contributed by atoms with van der Waals surface area (Å²) in [6.07, 6.45) is 0. The largest absolute Gasteiger partial charge is 0.388 e. The van der Waals surface area contributed by atoms with Crippen LogP contribution in [-0.4, -0.2) is 53.7 Å². The number of H-pyrrole nitrogens is 3. The smallest absolute Gasteiger partial charge is 0.251 e. The second-order valence-corrected chi connectivity index (χ2v) is 16.4. The molecule has 13 nitrogen and oxygen atoms in total. The van der Waals surface area contributed by atoms with Crippen molar-refractivity contribution in [3.8, 4) is 0 Å². The van der Waals surface area contributed by atoms with Gasteiger partial charge in [0.05, 0.1) is 44.2 Å². The standard InChI is InChI=1S/C16H18N4OS.C11H13BrN2.C11H14N2O.C5H6N2OS.ClH/c1-10(2)20-13-7-5-4-6-12(13)18-14(20)9-22-16-17-11(3)8-15(21)19-16;1-8(2)14-10-6-4-3-5-9(10)13-11(14)7-12;1-8(2)13-10-6-4-3-5-9(10)12-11(13)7-14;1-3-2-4(8)7-5(9)6-3;/h4-8,10H,9H2,1-3H3,(H,17,19,21);3-6,8H,7H2,1-2H3;3-6,8,14H,7H2,1-2H3;2H,1H3,(H2,6,7,8,9);1H. The highest BCUT2D eigenvalue weighted by Crippen LogP contribution is 2.26. The minimum Gasteiger partial charge on any atom is -0.388 e. The first-order chi connectivity index (χ1) is 28.2. The fraction of sp³-hybridized carbons (Fsp3) is 0.326. The van der Waals surface area contributed by atoms with Crippen molar-refractivity contribution in [2.45, 2.75) is 96.4 Å². The Hall–Kier alpha value is -4.87. The molecule has 0 aliphatic rings. The normalized spacial score (nSPS) is 10.9. The number of hydrogen-bond donors (Lipinski definition) is 4. The number of nitrogens with one attached hydrogen (secondary N) is 3. The molecule has 0 bridgehead atoms. The van der Waals surface area contributed by atoms with Crippen LogP contribution in [0, 0.1) is 18.6 Å². The van der Waals surface area contributed by atoms with E-state index in [4.69, 9.17) is 4.98 Å². The van der Waals surface area contributed by atoms with Crippen LogP contribution in [0.3, 0.4) is 0 Å². The minimum absolute atomic E-state index is 0. The van der Waals surface area contributed by atoms with Crippen molar-refractivity contribution in [2.75, 3.05) is 0 Å². The van der Waals surface area contributed by atoms with Gasteiger partial charge in [-0.2, -0.15) is 0 Å². The summed E-state index contributed by atoms with van der Waals surface area (Å²) in [5.41, 5.74) is 7.71. The van der Waals surface area contributed by atoms with Gasteiger partial charge in [0.15, 0.2) is 9.93 Å². The second-order valence-electron chi connectivity index (χ2n) is 14.5. The van der Waals surface area contributed by atoms with Gasteiger partial charge in [-0.15, -0.1) is 12.4 Å². The number of alkyl halides is 1. The summed E-state index contributed by atoms with van der Waals surface area (Å²) in [5, 5.41) is 10.6. The van der Waals surface area contributed by atoms with Crippen LogP contribution in [0.4, 0.5) is 0 Å². The molecule has 17 heteroatoms. The van der Waals surface area contributed by atoms with E-state index in [0.29, 0.717) is 33.8 Å². The summed E-state index contributed by atoms with van der Waals surface area (Å²) in [7, 11) is 0. The van der Waals surface area contributed by atoms with Crippen molar-refractivity contribution in [1.82, 2.24) is 48.6 Å². The summed E-state index contributed by atoms with van der Waals surface area (Å²) in [5.74, 6) is 3.49. The topological polar surface area (TPSA) is 168 Å². The molecule has 0 amide bonds. The number of benzene rings is 3. The van der Waals surface area contributed by atoms with E-state index in [2.05, 4.69) is 138 Å². The first-order valence-electron chi connectivity index (χ1n) is 19.3. The monoisotopic (exact) mass is 934 g/mol. The maximum absolute atomic E-state index is 11.5. The molecule has 0 atom stereocenters. The summed E-state index contributed by atoms with van der Waals surface area (Å²) in [4.78, 5) is 48.0. The van der Waals surface area contributed by atoms with Gasteiger partial charge in [-0.05, 0) is 104 Å². The number of aromatic nitrogens is 10. The van der Waals surface area contributed by atoms with Crippen LogP contribution in [0.15, 0.2) is 99.7 Å². The Kier molecular flexibility index (Phi) is 17.6. The van der Waals surface area contributed by atoms with E-state index < -0.39 is 0 Å².